The highest BCUT2D eigenvalue weighted by molar-refractivity contribution is 5.83. The van der Waals surface area contributed by atoms with Gasteiger partial charge in [0.1, 0.15) is 0 Å². The first-order chi connectivity index (χ1) is 10.1. The summed E-state index contributed by atoms with van der Waals surface area (Å²) in [5.41, 5.74) is 6.07. The Bertz CT molecular complexity index is 549. The first-order valence-corrected chi connectivity index (χ1v) is 7.58. The van der Waals surface area contributed by atoms with Gasteiger partial charge < -0.3 is 10.6 Å². The highest BCUT2D eigenvalue weighted by Crippen LogP contribution is 2.49. The van der Waals surface area contributed by atoms with Gasteiger partial charge in [0.15, 0.2) is 11.6 Å². The van der Waals surface area contributed by atoms with Crippen LogP contribution in [0.3, 0.4) is 0 Å². The average Bonchev–Trinajstić information content (AvgIpc) is 3.29. The normalized spacial score (nSPS) is 28.5. The summed E-state index contributed by atoms with van der Waals surface area (Å²) in [6.07, 6.45) is 3.63. The standard InChI is InChI=1S/C16H20F2N2O/c17-14-6-3-5-11(15(14)18)12-8-13(12)16(21)20-7-2-1-4-10(20)9-19/h3,5-6,10,12-13H,1-2,4,7-9,19H2. The van der Waals surface area contributed by atoms with E-state index in [1.807, 2.05) is 4.90 Å². The fraction of sp³-hybridized carbons (Fsp3) is 0.562. The van der Waals surface area contributed by atoms with Crippen LogP contribution in [0, 0.1) is 17.6 Å². The van der Waals surface area contributed by atoms with Gasteiger partial charge in [-0.05, 0) is 43.2 Å². The summed E-state index contributed by atoms with van der Waals surface area (Å²) in [5, 5.41) is 0. The zero-order valence-electron chi connectivity index (χ0n) is 11.9. The lowest BCUT2D eigenvalue weighted by atomic mass is 10.0. The van der Waals surface area contributed by atoms with E-state index < -0.39 is 11.6 Å². The molecule has 0 bridgehead atoms. The lowest BCUT2D eigenvalue weighted by Gasteiger charge is -2.35. The van der Waals surface area contributed by atoms with Crippen molar-refractivity contribution >= 4 is 5.91 Å². The van der Waals surface area contributed by atoms with Crippen molar-refractivity contribution in [1.82, 2.24) is 4.90 Å². The van der Waals surface area contributed by atoms with Crippen LogP contribution in [-0.2, 0) is 4.79 Å². The Labute approximate surface area is 123 Å². The number of carbonyl (C=O) groups excluding carboxylic acids is 1. The first kappa shape index (κ1) is 14.4. The van der Waals surface area contributed by atoms with Crippen LogP contribution < -0.4 is 5.73 Å². The number of rotatable bonds is 3. The number of carbonyl (C=O) groups is 1. The Morgan fingerprint density at radius 2 is 2.14 bits per heavy atom. The van der Waals surface area contributed by atoms with Gasteiger partial charge in [-0.25, -0.2) is 8.78 Å². The van der Waals surface area contributed by atoms with Crippen LogP contribution in [0.15, 0.2) is 18.2 Å². The molecule has 1 aliphatic carbocycles. The summed E-state index contributed by atoms with van der Waals surface area (Å²) in [6, 6.07) is 4.28. The summed E-state index contributed by atoms with van der Waals surface area (Å²) in [6.45, 7) is 1.20. The van der Waals surface area contributed by atoms with Gasteiger partial charge in [-0.15, -0.1) is 0 Å². The SMILES string of the molecule is NCC1CCCCN1C(=O)C1CC1c1cccc(F)c1F. The zero-order valence-corrected chi connectivity index (χ0v) is 11.9. The topological polar surface area (TPSA) is 46.3 Å². The Morgan fingerprint density at radius 3 is 2.90 bits per heavy atom. The van der Waals surface area contributed by atoms with Crippen molar-refractivity contribution in [2.45, 2.75) is 37.6 Å². The molecule has 1 amide bonds. The molecule has 3 unspecified atom stereocenters. The summed E-state index contributed by atoms with van der Waals surface area (Å²) in [4.78, 5) is 14.4. The molecule has 0 radical (unpaired) electrons. The maximum atomic E-state index is 13.8. The van der Waals surface area contributed by atoms with Crippen molar-refractivity contribution in [3.8, 4) is 0 Å². The van der Waals surface area contributed by atoms with Crippen LogP contribution in [0.2, 0.25) is 0 Å². The van der Waals surface area contributed by atoms with Gasteiger partial charge in [0, 0.05) is 25.0 Å². The molecule has 1 saturated carbocycles. The summed E-state index contributed by atoms with van der Waals surface area (Å²) in [5.74, 6) is -2.00. The minimum absolute atomic E-state index is 0.0545. The van der Waals surface area contributed by atoms with Crippen molar-refractivity contribution in [2.24, 2.45) is 11.7 Å². The molecule has 3 rings (SSSR count). The number of likely N-dealkylation sites (tertiary alicyclic amines) is 1. The van der Waals surface area contributed by atoms with E-state index in [0.29, 0.717) is 18.5 Å². The Kier molecular flexibility index (Phi) is 3.93. The van der Waals surface area contributed by atoms with Crippen LogP contribution in [0.25, 0.3) is 0 Å². The molecule has 2 N–H and O–H groups in total. The molecule has 114 valence electrons. The van der Waals surface area contributed by atoms with Crippen molar-refractivity contribution in [3.63, 3.8) is 0 Å². The molecule has 1 aliphatic heterocycles. The third kappa shape index (κ3) is 2.67. The molecule has 0 aromatic heterocycles. The number of piperidine rings is 1. The Balaban J connectivity index is 1.72. The third-order valence-electron chi connectivity index (χ3n) is 4.67. The molecule has 1 saturated heterocycles. The summed E-state index contributed by atoms with van der Waals surface area (Å²) in [7, 11) is 0. The maximum Gasteiger partial charge on any atom is 0.226 e. The van der Waals surface area contributed by atoms with E-state index in [9.17, 15) is 13.6 Å². The minimum atomic E-state index is -0.844. The van der Waals surface area contributed by atoms with E-state index in [1.54, 1.807) is 6.07 Å². The number of nitrogens with zero attached hydrogens (tertiary/aromatic N) is 1. The van der Waals surface area contributed by atoms with Gasteiger partial charge >= 0.3 is 0 Å². The fourth-order valence-corrected chi connectivity index (χ4v) is 3.37. The number of hydrogen-bond donors (Lipinski definition) is 1. The van der Waals surface area contributed by atoms with Gasteiger partial charge in [-0.3, -0.25) is 4.79 Å². The van der Waals surface area contributed by atoms with E-state index in [2.05, 4.69) is 0 Å². The second-order valence-corrected chi connectivity index (χ2v) is 6.01. The third-order valence-corrected chi connectivity index (χ3v) is 4.67. The van der Waals surface area contributed by atoms with E-state index in [-0.39, 0.29) is 23.8 Å². The van der Waals surface area contributed by atoms with Crippen LogP contribution >= 0.6 is 0 Å². The summed E-state index contributed by atoms with van der Waals surface area (Å²) < 4.78 is 27.1. The number of hydrogen-bond acceptors (Lipinski definition) is 2. The van der Waals surface area contributed by atoms with Crippen LogP contribution in [0.5, 0.6) is 0 Å². The molecule has 21 heavy (non-hydrogen) atoms. The first-order valence-electron chi connectivity index (χ1n) is 7.58. The number of amides is 1. The highest BCUT2D eigenvalue weighted by atomic mass is 19.2. The van der Waals surface area contributed by atoms with Crippen LogP contribution in [0.1, 0.15) is 37.2 Å². The Hall–Kier alpha value is -1.49. The average molecular weight is 294 g/mol. The largest absolute Gasteiger partial charge is 0.338 e. The Morgan fingerprint density at radius 1 is 1.33 bits per heavy atom. The van der Waals surface area contributed by atoms with Crippen molar-refractivity contribution in [3.05, 3.63) is 35.4 Å². The minimum Gasteiger partial charge on any atom is -0.338 e. The van der Waals surface area contributed by atoms with Gasteiger partial charge in [0.2, 0.25) is 5.91 Å². The van der Waals surface area contributed by atoms with Crippen molar-refractivity contribution in [2.75, 3.05) is 13.1 Å². The quantitative estimate of drug-likeness (QED) is 0.930. The zero-order chi connectivity index (χ0) is 15.0. The maximum absolute atomic E-state index is 13.8. The van der Waals surface area contributed by atoms with Crippen LogP contribution in [-0.4, -0.2) is 29.9 Å². The lowest BCUT2D eigenvalue weighted by Crippen LogP contribution is -2.48. The smallest absolute Gasteiger partial charge is 0.226 e. The van der Waals surface area contributed by atoms with E-state index in [0.717, 1.165) is 31.9 Å². The van der Waals surface area contributed by atoms with Gasteiger partial charge in [0.25, 0.3) is 0 Å². The molecule has 5 heteroatoms. The molecule has 0 spiro atoms. The second kappa shape index (κ2) is 5.72. The van der Waals surface area contributed by atoms with Gasteiger partial charge in [0.05, 0.1) is 0 Å². The van der Waals surface area contributed by atoms with Gasteiger partial charge in [-0.2, -0.15) is 0 Å². The number of nitrogens with two attached hydrogens (primary N) is 1. The van der Waals surface area contributed by atoms with E-state index >= 15 is 0 Å². The lowest BCUT2D eigenvalue weighted by molar-refractivity contribution is -0.136. The molecule has 2 aliphatic rings. The predicted molar refractivity (Wildman–Crippen MR) is 75.6 cm³/mol. The molecular weight excluding hydrogens is 274 g/mol. The summed E-state index contributed by atoms with van der Waals surface area (Å²) >= 11 is 0. The van der Waals surface area contributed by atoms with E-state index in [1.165, 1.54) is 6.07 Å². The fourth-order valence-electron chi connectivity index (χ4n) is 3.37. The monoisotopic (exact) mass is 294 g/mol. The van der Waals surface area contributed by atoms with E-state index in [4.69, 9.17) is 5.73 Å². The predicted octanol–water partition coefficient (Wildman–Crippen LogP) is 2.41. The molecule has 3 atom stereocenters. The molecular formula is C16H20F2N2O. The highest BCUT2D eigenvalue weighted by Gasteiger charge is 2.48. The van der Waals surface area contributed by atoms with Crippen molar-refractivity contribution < 1.29 is 13.6 Å². The second-order valence-electron chi connectivity index (χ2n) is 6.01. The number of benzene rings is 1. The van der Waals surface area contributed by atoms with Crippen molar-refractivity contribution in [1.29, 1.82) is 0 Å². The van der Waals surface area contributed by atoms with Crippen LogP contribution in [0.4, 0.5) is 8.78 Å². The molecule has 1 heterocycles. The number of halogens is 2. The molecule has 3 nitrogen and oxygen atoms in total. The molecule has 2 fully saturated rings. The molecule has 1 aromatic carbocycles. The molecule has 1 aromatic rings. The van der Waals surface area contributed by atoms with Gasteiger partial charge in [-0.1, -0.05) is 12.1 Å².